The van der Waals surface area contributed by atoms with Crippen LogP contribution in [0.5, 0.6) is 0 Å². The summed E-state index contributed by atoms with van der Waals surface area (Å²) in [6.07, 6.45) is 2.08. The summed E-state index contributed by atoms with van der Waals surface area (Å²) in [5.74, 6) is 1.92. The molecule has 0 saturated carbocycles. The van der Waals surface area contributed by atoms with E-state index in [0.29, 0.717) is 6.54 Å². The highest BCUT2D eigenvalue weighted by Crippen LogP contribution is 2.18. The molecule has 5 heteroatoms. The number of aryl methyl sites for hydroxylation is 1. The number of rotatable bonds is 2. The van der Waals surface area contributed by atoms with Crippen molar-refractivity contribution in [2.45, 2.75) is 31.9 Å². The van der Waals surface area contributed by atoms with Gasteiger partial charge in [0.05, 0.1) is 12.6 Å². The molecule has 1 atom stereocenters. The zero-order valence-corrected chi connectivity index (χ0v) is 11.5. The topological polar surface area (TPSA) is 50.9 Å². The van der Waals surface area contributed by atoms with Gasteiger partial charge in [-0.2, -0.15) is 0 Å². The van der Waals surface area contributed by atoms with Gasteiger partial charge in [-0.3, -0.25) is 0 Å². The smallest absolute Gasteiger partial charge is 0.137 e. The van der Waals surface area contributed by atoms with Gasteiger partial charge < -0.3 is 9.67 Å². The highest BCUT2D eigenvalue weighted by Gasteiger charge is 2.21. The third-order valence-electron chi connectivity index (χ3n) is 3.25. The molecule has 1 aliphatic rings. The maximum atomic E-state index is 9.73. The monoisotopic (exact) mass is 307 g/mol. The fourth-order valence-corrected chi connectivity index (χ4v) is 2.77. The van der Waals surface area contributed by atoms with Crippen molar-refractivity contribution in [2.24, 2.45) is 0 Å². The number of aromatic nitrogens is 3. The van der Waals surface area contributed by atoms with E-state index in [0.717, 1.165) is 35.4 Å². The molecule has 1 unspecified atom stereocenters. The van der Waals surface area contributed by atoms with Crippen LogP contribution in [0.3, 0.4) is 0 Å². The summed E-state index contributed by atoms with van der Waals surface area (Å²) in [7, 11) is 0. The molecule has 94 valence electrons. The lowest BCUT2D eigenvalue weighted by atomic mass is 10.1. The number of fused-ring (bicyclic) bond motifs is 1. The number of halogens is 1. The molecule has 0 amide bonds. The Morgan fingerprint density at radius 1 is 1.39 bits per heavy atom. The Hall–Kier alpha value is -1.20. The van der Waals surface area contributed by atoms with Crippen molar-refractivity contribution in [3.05, 3.63) is 46.0 Å². The van der Waals surface area contributed by atoms with E-state index in [9.17, 15) is 5.11 Å². The maximum absolute atomic E-state index is 9.73. The summed E-state index contributed by atoms with van der Waals surface area (Å²) in [5.41, 5.74) is 1.19. The van der Waals surface area contributed by atoms with E-state index < -0.39 is 0 Å². The van der Waals surface area contributed by atoms with Crippen molar-refractivity contribution in [2.75, 3.05) is 0 Å². The highest BCUT2D eigenvalue weighted by molar-refractivity contribution is 9.10. The SMILES string of the molecule is OC1CCc2nnc(Cc3cccc(Br)c3)n2C1. The van der Waals surface area contributed by atoms with Crippen LogP contribution in [0.4, 0.5) is 0 Å². The van der Waals surface area contributed by atoms with E-state index in [1.165, 1.54) is 5.56 Å². The second kappa shape index (κ2) is 4.82. The van der Waals surface area contributed by atoms with Crippen LogP contribution in [-0.4, -0.2) is 26.0 Å². The first kappa shape index (κ1) is 11.9. The van der Waals surface area contributed by atoms with Gasteiger partial charge in [-0.25, -0.2) is 0 Å². The summed E-state index contributed by atoms with van der Waals surface area (Å²) in [5, 5.41) is 18.2. The van der Waals surface area contributed by atoms with Crippen molar-refractivity contribution in [1.29, 1.82) is 0 Å². The lowest BCUT2D eigenvalue weighted by Gasteiger charge is -2.19. The Morgan fingerprint density at radius 2 is 2.28 bits per heavy atom. The minimum atomic E-state index is -0.269. The number of aliphatic hydroxyl groups excluding tert-OH is 1. The second-order valence-electron chi connectivity index (χ2n) is 4.64. The first-order chi connectivity index (χ1) is 8.72. The van der Waals surface area contributed by atoms with Crippen LogP contribution in [0.25, 0.3) is 0 Å². The first-order valence-electron chi connectivity index (χ1n) is 6.06. The lowest BCUT2D eigenvalue weighted by molar-refractivity contribution is 0.129. The number of aliphatic hydroxyl groups is 1. The molecule has 1 aromatic carbocycles. The van der Waals surface area contributed by atoms with Gasteiger partial charge in [0, 0.05) is 17.3 Å². The van der Waals surface area contributed by atoms with Gasteiger partial charge in [0.25, 0.3) is 0 Å². The molecular weight excluding hydrogens is 294 g/mol. The van der Waals surface area contributed by atoms with E-state index in [2.05, 4.69) is 42.8 Å². The van der Waals surface area contributed by atoms with Gasteiger partial charge in [-0.1, -0.05) is 28.1 Å². The average Bonchev–Trinajstić information content (AvgIpc) is 2.72. The van der Waals surface area contributed by atoms with Crippen molar-refractivity contribution < 1.29 is 5.11 Å². The minimum absolute atomic E-state index is 0.269. The standard InChI is InChI=1S/C13H14BrN3O/c14-10-3-1-2-9(6-10)7-13-16-15-12-5-4-11(18)8-17(12)13/h1-3,6,11,18H,4-5,7-8H2. The van der Waals surface area contributed by atoms with E-state index in [1.807, 2.05) is 12.1 Å². The van der Waals surface area contributed by atoms with Gasteiger partial charge in [0.2, 0.25) is 0 Å². The number of nitrogens with zero attached hydrogens (tertiary/aromatic N) is 3. The van der Waals surface area contributed by atoms with Crippen molar-refractivity contribution in [3.8, 4) is 0 Å². The highest BCUT2D eigenvalue weighted by atomic mass is 79.9. The molecule has 0 fully saturated rings. The third-order valence-corrected chi connectivity index (χ3v) is 3.74. The molecule has 0 spiro atoms. The van der Waals surface area contributed by atoms with Crippen LogP contribution < -0.4 is 0 Å². The Balaban J connectivity index is 1.87. The van der Waals surface area contributed by atoms with E-state index >= 15 is 0 Å². The molecule has 1 aliphatic heterocycles. The van der Waals surface area contributed by atoms with Crippen molar-refractivity contribution in [1.82, 2.24) is 14.8 Å². The fourth-order valence-electron chi connectivity index (χ4n) is 2.33. The van der Waals surface area contributed by atoms with Gasteiger partial charge >= 0.3 is 0 Å². The predicted molar refractivity (Wildman–Crippen MR) is 71.3 cm³/mol. The number of hydrogen-bond donors (Lipinski definition) is 1. The van der Waals surface area contributed by atoms with Gasteiger partial charge in [0.1, 0.15) is 11.6 Å². The summed E-state index contributed by atoms with van der Waals surface area (Å²) < 4.78 is 3.12. The summed E-state index contributed by atoms with van der Waals surface area (Å²) in [6, 6.07) is 8.18. The molecular formula is C13H14BrN3O. The van der Waals surface area contributed by atoms with Gasteiger partial charge in [-0.15, -0.1) is 10.2 Å². The average molecular weight is 308 g/mol. The Morgan fingerprint density at radius 3 is 3.11 bits per heavy atom. The summed E-state index contributed by atoms with van der Waals surface area (Å²) in [4.78, 5) is 0. The number of hydrogen-bond acceptors (Lipinski definition) is 3. The zero-order valence-electron chi connectivity index (χ0n) is 9.88. The zero-order chi connectivity index (χ0) is 12.5. The Labute approximate surface area is 114 Å². The van der Waals surface area contributed by atoms with Crippen LogP contribution in [0.2, 0.25) is 0 Å². The third kappa shape index (κ3) is 2.33. The van der Waals surface area contributed by atoms with E-state index in [4.69, 9.17) is 0 Å². The van der Waals surface area contributed by atoms with Crippen LogP contribution in [0.15, 0.2) is 28.7 Å². The summed E-state index contributed by atoms with van der Waals surface area (Å²) in [6.45, 7) is 0.617. The van der Waals surface area contributed by atoms with Crippen LogP contribution in [-0.2, 0) is 19.4 Å². The van der Waals surface area contributed by atoms with Crippen LogP contribution in [0.1, 0.15) is 23.6 Å². The minimum Gasteiger partial charge on any atom is -0.391 e. The van der Waals surface area contributed by atoms with Crippen LogP contribution in [0, 0.1) is 0 Å². The van der Waals surface area contributed by atoms with Crippen molar-refractivity contribution >= 4 is 15.9 Å². The number of benzene rings is 1. The largest absolute Gasteiger partial charge is 0.391 e. The molecule has 3 rings (SSSR count). The maximum Gasteiger partial charge on any atom is 0.137 e. The Bertz CT molecular complexity index is 567. The lowest BCUT2D eigenvalue weighted by Crippen LogP contribution is -2.25. The first-order valence-corrected chi connectivity index (χ1v) is 6.85. The van der Waals surface area contributed by atoms with Crippen molar-refractivity contribution in [3.63, 3.8) is 0 Å². The molecule has 2 heterocycles. The van der Waals surface area contributed by atoms with E-state index in [1.54, 1.807) is 0 Å². The Kier molecular flexibility index (Phi) is 3.18. The van der Waals surface area contributed by atoms with Gasteiger partial charge in [-0.05, 0) is 24.1 Å². The fraction of sp³-hybridized carbons (Fsp3) is 0.385. The molecule has 0 saturated heterocycles. The molecule has 0 radical (unpaired) electrons. The molecule has 18 heavy (non-hydrogen) atoms. The van der Waals surface area contributed by atoms with E-state index in [-0.39, 0.29) is 6.10 Å². The molecule has 1 N–H and O–H groups in total. The predicted octanol–water partition coefficient (Wildman–Crippen LogP) is 1.94. The summed E-state index contributed by atoms with van der Waals surface area (Å²) >= 11 is 3.47. The molecule has 4 nitrogen and oxygen atoms in total. The molecule has 0 bridgehead atoms. The van der Waals surface area contributed by atoms with Crippen LogP contribution >= 0.6 is 15.9 Å². The molecule has 0 aliphatic carbocycles. The molecule has 1 aromatic heterocycles. The van der Waals surface area contributed by atoms with Gasteiger partial charge in [0.15, 0.2) is 0 Å². The quantitative estimate of drug-likeness (QED) is 0.922. The molecule has 2 aromatic rings. The second-order valence-corrected chi connectivity index (χ2v) is 5.56. The normalized spacial score (nSPS) is 18.7.